The van der Waals surface area contributed by atoms with Gasteiger partial charge in [0, 0.05) is 0 Å². The predicted octanol–water partition coefficient (Wildman–Crippen LogP) is -11.0. The lowest BCUT2D eigenvalue weighted by Crippen LogP contribution is -2.65. The van der Waals surface area contributed by atoms with Crippen LogP contribution in [0.2, 0.25) is 0 Å². The van der Waals surface area contributed by atoms with Crippen LogP contribution in [-0.2, 0) is 37.9 Å². The van der Waals surface area contributed by atoms with Crippen molar-refractivity contribution in [2.24, 2.45) is 0 Å². The first-order valence-electron chi connectivity index (χ1n) is 16.4. The first-order chi connectivity index (χ1) is 24.6. The van der Waals surface area contributed by atoms with E-state index in [1.807, 2.05) is 0 Å². The maximum atomic E-state index is 10.9. The van der Waals surface area contributed by atoms with E-state index in [4.69, 9.17) is 43.0 Å². The number of hydrogen-bond donors (Lipinski definition) is 16. The van der Waals surface area contributed by atoms with Gasteiger partial charge < -0.3 is 120 Å². The van der Waals surface area contributed by atoms with Crippen LogP contribution in [0, 0.1) is 0 Å². The zero-order valence-corrected chi connectivity index (χ0v) is 27.4. The normalized spacial score (nSPS) is 46.8. The molecule has 24 nitrogen and oxygen atoms in total. The summed E-state index contributed by atoms with van der Waals surface area (Å²) in [5, 5.41) is 163. The third-order valence-electron chi connectivity index (χ3n) is 9.20. The maximum absolute atomic E-state index is 10.9. The predicted molar refractivity (Wildman–Crippen MR) is 157 cm³/mol. The van der Waals surface area contributed by atoms with Crippen molar-refractivity contribution in [3.63, 3.8) is 0 Å². The van der Waals surface area contributed by atoms with E-state index in [9.17, 15) is 76.6 Å². The van der Waals surface area contributed by atoms with Gasteiger partial charge >= 0.3 is 0 Å². The van der Waals surface area contributed by atoms with Gasteiger partial charge in [-0.05, 0) is 0 Å². The zero-order valence-electron chi connectivity index (χ0n) is 27.4. The summed E-state index contributed by atoms with van der Waals surface area (Å²) in [5.41, 5.74) is 0. The lowest BCUT2D eigenvalue weighted by molar-refractivity contribution is -0.372. The van der Waals surface area contributed by atoms with Crippen molar-refractivity contribution in [3.8, 4) is 0 Å². The van der Waals surface area contributed by atoms with Crippen LogP contribution in [0.25, 0.3) is 0 Å². The molecule has 0 saturated carbocycles. The highest BCUT2D eigenvalue weighted by atomic mass is 16.8. The van der Waals surface area contributed by atoms with E-state index in [1.165, 1.54) is 0 Å². The van der Waals surface area contributed by atoms with Gasteiger partial charge in [0.2, 0.25) is 0 Å². The highest BCUT2D eigenvalue weighted by molar-refractivity contribution is 4.96. The minimum absolute atomic E-state index is 0.487. The first-order valence-corrected chi connectivity index (χ1v) is 16.4. The van der Waals surface area contributed by atoms with Crippen molar-refractivity contribution >= 4 is 0 Å². The Morgan fingerprint density at radius 1 is 0.519 bits per heavy atom. The van der Waals surface area contributed by atoms with E-state index < -0.39 is 175 Å². The fourth-order valence-corrected chi connectivity index (χ4v) is 6.02. The van der Waals surface area contributed by atoms with Crippen molar-refractivity contribution in [3.05, 3.63) is 0 Å². The summed E-state index contributed by atoms with van der Waals surface area (Å²) in [6.07, 6.45) is -39.2. The van der Waals surface area contributed by atoms with Crippen LogP contribution in [0.4, 0.5) is 0 Å². The molecule has 0 aromatic heterocycles. The molecule has 0 spiro atoms. The van der Waals surface area contributed by atoms with E-state index in [0.717, 1.165) is 0 Å². The Labute approximate surface area is 294 Å². The van der Waals surface area contributed by atoms with Gasteiger partial charge in [-0.15, -0.1) is 0 Å². The molecule has 16 N–H and O–H groups in total. The number of aliphatic hydroxyl groups is 16. The van der Waals surface area contributed by atoms with Gasteiger partial charge in [0.05, 0.1) is 39.6 Å². The Bertz CT molecular complexity index is 1060. The topological polar surface area (TPSA) is 398 Å². The average Bonchev–Trinajstić information content (AvgIpc) is 3.41. The van der Waals surface area contributed by atoms with Gasteiger partial charge in [-0.2, -0.15) is 0 Å². The molecule has 4 fully saturated rings. The molecule has 4 saturated heterocycles. The Kier molecular flexibility index (Phi) is 16.2. The molecule has 0 aliphatic carbocycles. The van der Waals surface area contributed by atoms with Crippen LogP contribution in [0.1, 0.15) is 0 Å². The van der Waals surface area contributed by atoms with Crippen LogP contribution in [0.15, 0.2) is 0 Å². The Morgan fingerprint density at radius 3 is 1.62 bits per heavy atom. The molecule has 0 bridgehead atoms. The summed E-state index contributed by atoms with van der Waals surface area (Å²) < 4.78 is 43.8. The molecule has 0 unspecified atom stereocenters. The van der Waals surface area contributed by atoms with Gasteiger partial charge in [-0.1, -0.05) is 0 Å². The number of aliphatic hydroxyl groups excluding tert-OH is 16. The van der Waals surface area contributed by atoms with Gasteiger partial charge in [-0.3, -0.25) is 0 Å². The largest absolute Gasteiger partial charge is 0.394 e. The van der Waals surface area contributed by atoms with Crippen LogP contribution in [0.5, 0.6) is 0 Å². The molecule has 24 heteroatoms. The summed E-state index contributed by atoms with van der Waals surface area (Å²) in [6.45, 7) is -4.87. The second kappa shape index (κ2) is 19.3. The maximum Gasteiger partial charge on any atom is 0.187 e. The molecule has 306 valence electrons. The van der Waals surface area contributed by atoms with Gasteiger partial charge in [0.1, 0.15) is 110 Å². The minimum Gasteiger partial charge on any atom is -0.394 e. The molecule has 52 heavy (non-hydrogen) atoms. The third kappa shape index (κ3) is 9.52. The number of hydrogen-bond acceptors (Lipinski definition) is 24. The van der Waals surface area contributed by atoms with Crippen LogP contribution >= 0.6 is 0 Å². The van der Waals surface area contributed by atoms with Crippen molar-refractivity contribution in [2.45, 2.75) is 135 Å². The third-order valence-corrected chi connectivity index (χ3v) is 9.20. The lowest BCUT2D eigenvalue weighted by Gasteiger charge is -2.47. The van der Waals surface area contributed by atoms with Crippen molar-refractivity contribution < 1.29 is 120 Å². The minimum atomic E-state index is -2.10. The van der Waals surface area contributed by atoms with E-state index in [0.29, 0.717) is 0 Å². The molecule has 4 aliphatic heterocycles. The zero-order chi connectivity index (χ0) is 38.6. The Hall–Kier alpha value is -0.960. The molecule has 0 radical (unpaired) electrons. The summed E-state index contributed by atoms with van der Waals surface area (Å²) in [4.78, 5) is 0. The number of ether oxygens (including phenoxy) is 8. The Balaban J connectivity index is 1.43. The summed E-state index contributed by atoms with van der Waals surface area (Å²) in [7, 11) is 0. The molecular weight excluding hydrogens is 720 g/mol. The molecular formula is C28H50O24. The Morgan fingerprint density at radius 2 is 1.04 bits per heavy atom. The molecule has 0 aromatic rings. The SMILES string of the molecule is OC[C@@H](O)[C@@H](O[C@@H]1O[C@H](CO)[C@@H](O[C@@H]2O[C@H](CO[C@H]3OC[C@@H](O)[C@H](O)[C@H]3O[C@@H]3O[C@@H](CO)[C@H](O)[C@H]3O)[C@@H](O)[C@H](O)[C@H]2O)[C@H](O)[C@H]1O)[C@H](O)[C@@H](O)CO. The first kappa shape index (κ1) is 43.8. The van der Waals surface area contributed by atoms with E-state index in [2.05, 4.69) is 0 Å². The van der Waals surface area contributed by atoms with Crippen LogP contribution in [-0.4, -0.2) is 256 Å². The molecule has 22 atom stereocenters. The summed E-state index contributed by atoms with van der Waals surface area (Å²) in [6, 6.07) is 0. The average molecular weight is 771 g/mol. The van der Waals surface area contributed by atoms with Gasteiger partial charge in [0.15, 0.2) is 25.2 Å². The second-order valence-electron chi connectivity index (χ2n) is 12.8. The fraction of sp³-hybridized carbons (Fsp3) is 1.00. The molecule has 4 rings (SSSR count). The second-order valence-corrected chi connectivity index (χ2v) is 12.8. The smallest absolute Gasteiger partial charge is 0.187 e. The highest BCUT2D eigenvalue weighted by Crippen LogP contribution is 2.32. The van der Waals surface area contributed by atoms with Gasteiger partial charge in [0.25, 0.3) is 0 Å². The van der Waals surface area contributed by atoms with Gasteiger partial charge in [-0.25, -0.2) is 0 Å². The van der Waals surface area contributed by atoms with Crippen molar-refractivity contribution in [2.75, 3.05) is 39.6 Å². The van der Waals surface area contributed by atoms with E-state index in [-0.39, 0.29) is 0 Å². The van der Waals surface area contributed by atoms with Crippen molar-refractivity contribution in [1.29, 1.82) is 0 Å². The van der Waals surface area contributed by atoms with Crippen LogP contribution < -0.4 is 0 Å². The highest BCUT2D eigenvalue weighted by Gasteiger charge is 2.53. The summed E-state index contributed by atoms with van der Waals surface area (Å²) >= 11 is 0. The van der Waals surface area contributed by atoms with E-state index in [1.54, 1.807) is 0 Å². The molecule has 4 aliphatic rings. The molecule has 4 heterocycles. The standard InChI is InChI=1S/C28H50O24/c29-1-7(33)13(36)22(8(34)2-30)50-27-21(44)18(41)23(11(4-32)48-27)51-26-20(43)17(40)16(39)12(49-26)6-46-28-24(14(37)9(35)5-45-28)52-25-19(42)15(38)10(3-31)47-25/h7-44H,1-6H2/t7-,8+,9+,10-,11+,12+,13+,14-,15-,16+,17-,18+,19+,20+,21+,22+,23+,24+,25-,26-,27-,28+/m0/s1. The van der Waals surface area contributed by atoms with E-state index >= 15 is 0 Å². The van der Waals surface area contributed by atoms with Crippen molar-refractivity contribution in [1.82, 2.24) is 0 Å². The summed E-state index contributed by atoms with van der Waals surface area (Å²) in [5.74, 6) is 0. The quantitative estimate of drug-likeness (QED) is 0.0692. The monoisotopic (exact) mass is 770 g/mol. The fourth-order valence-electron chi connectivity index (χ4n) is 6.02. The molecule has 0 aromatic carbocycles. The van der Waals surface area contributed by atoms with Crippen LogP contribution in [0.3, 0.4) is 0 Å². The number of rotatable bonds is 16. The molecule has 0 amide bonds. The lowest BCUT2D eigenvalue weighted by atomic mass is 9.96.